The van der Waals surface area contributed by atoms with Gasteiger partial charge in [-0.15, -0.1) is 0 Å². The predicted molar refractivity (Wildman–Crippen MR) is 98.4 cm³/mol. The fourth-order valence-electron chi connectivity index (χ4n) is 2.54. The van der Waals surface area contributed by atoms with Gasteiger partial charge >= 0.3 is 0 Å². The molecule has 3 rings (SSSR count). The molecule has 0 spiro atoms. The lowest BCUT2D eigenvalue weighted by Gasteiger charge is -2.25. The van der Waals surface area contributed by atoms with Crippen molar-refractivity contribution in [3.63, 3.8) is 0 Å². The molecule has 0 aliphatic carbocycles. The maximum atomic E-state index is 13.0. The molecule has 0 saturated carbocycles. The second kappa shape index (κ2) is 8.25. The van der Waals surface area contributed by atoms with Gasteiger partial charge in [-0.3, -0.25) is 9.69 Å². The highest BCUT2D eigenvalue weighted by Crippen LogP contribution is 2.19. The van der Waals surface area contributed by atoms with Crippen LogP contribution in [0.5, 0.6) is 5.75 Å². The first kappa shape index (κ1) is 17.6. The van der Waals surface area contributed by atoms with Crippen molar-refractivity contribution in [2.75, 3.05) is 4.90 Å². The van der Waals surface area contributed by atoms with Crippen LogP contribution in [0.4, 0.5) is 10.2 Å². The maximum absolute atomic E-state index is 13.0. The smallest absolute Gasteiger partial charge is 0.269 e. The van der Waals surface area contributed by atoms with E-state index in [2.05, 4.69) is 4.98 Å². The summed E-state index contributed by atoms with van der Waals surface area (Å²) in [5.41, 5.74) is 0.987. The normalized spacial score (nSPS) is 11.6. The van der Waals surface area contributed by atoms with Crippen molar-refractivity contribution in [3.8, 4) is 5.75 Å². The third-order valence-electron chi connectivity index (χ3n) is 3.85. The van der Waals surface area contributed by atoms with Gasteiger partial charge in [-0.25, -0.2) is 9.37 Å². The molecule has 0 unspecified atom stereocenters. The molecular weight excluding hydrogens is 331 g/mol. The Morgan fingerprint density at radius 2 is 1.73 bits per heavy atom. The summed E-state index contributed by atoms with van der Waals surface area (Å²) < 4.78 is 18.7. The Balaban J connectivity index is 1.80. The van der Waals surface area contributed by atoms with Gasteiger partial charge in [0.1, 0.15) is 17.4 Å². The molecule has 0 N–H and O–H groups in total. The lowest BCUT2D eigenvalue weighted by atomic mass is 10.2. The number of rotatable bonds is 6. The molecule has 2 aromatic carbocycles. The highest BCUT2D eigenvalue weighted by Gasteiger charge is 2.24. The van der Waals surface area contributed by atoms with Crippen LogP contribution in [0.2, 0.25) is 0 Å². The predicted octanol–water partition coefficient (Wildman–Crippen LogP) is 4.22. The Hall–Kier alpha value is -3.21. The summed E-state index contributed by atoms with van der Waals surface area (Å²) >= 11 is 0. The van der Waals surface area contributed by atoms with Crippen molar-refractivity contribution in [2.24, 2.45) is 0 Å². The average molecular weight is 350 g/mol. The summed E-state index contributed by atoms with van der Waals surface area (Å²) in [4.78, 5) is 18.9. The highest BCUT2D eigenvalue weighted by molar-refractivity contribution is 5.95. The Kier molecular flexibility index (Phi) is 5.59. The van der Waals surface area contributed by atoms with E-state index in [1.54, 1.807) is 30.2 Å². The molecule has 1 aromatic heterocycles. The molecule has 3 aromatic rings. The van der Waals surface area contributed by atoms with E-state index in [-0.39, 0.29) is 11.7 Å². The zero-order valence-electron chi connectivity index (χ0n) is 14.4. The average Bonchev–Trinajstić information content (AvgIpc) is 2.69. The molecule has 0 aliphatic heterocycles. The van der Waals surface area contributed by atoms with Gasteiger partial charge in [-0.2, -0.15) is 0 Å². The number of benzene rings is 2. The molecule has 4 nitrogen and oxygen atoms in total. The van der Waals surface area contributed by atoms with Gasteiger partial charge in [0.2, 0.25) is 0 Å². The number of hydrogen-bond donors (Lipinski definition) is 0. The van der Waals surface area contributed by atoms with E-state index in [4.69, 9.17) is 4.74 Å². The largest absolute Gasteiger partial charge is 0.481 e. The highest BCUT2D eigenvalue weighted by atomic mass is 19.1. The van der Waals surface area contributed by atoms with Crippen molar-refractivity contribution < 1.29 is 13.9 Å². The topological polar surface area (TPSA) is 42.4 Å². The fraction of sp³-hybridized carbons (Fsp3) is 0.143. The van der Waals surface area contributed by atoms with Gasteiger partial charge in [-0.1, -0.05) is 36.4 Å². The number of aromatic nitrogens is 1. The summed E-state index contributed by atoms with van der Waals surface area (Å²) in [6.45, 7) is 2.06. The number of amides is 1. The van der Waals surface area contributed by atoms with Crippen molar-refractivity contribution in [1.82, 2.24) is 4.98 Å². The SMILES string of the molecule is C[C@H](Oc1ccc(F)cc1)C(=O)N(Cc1ccccc1)c1ccccn1. The van der Waals surface area contributed by atoms with Gasteiger partial charge in [0.05, 0.1) is 6.54 Å². The summed E-state index contributed by atoms with van der Waals surface area (Å²) in [6, 6.07) is 20.7. The van der Waals surface area contributed by atoms with Crippen LogP contribution in [0.25, 0.3) is 0 Å². The summed E-state index contributed by atoms with van der Waals surface area (Å²) in [7, 11) is 0. The third-order valence-corrected chi connectivity index (χ3v) is 3.85. The van der Waals surface area contributed by atoms with Gasteiger partial charge in [0.15, 0.2) is 6.10 Å². The zero-order chi connectivity index (χ0) is 18.4. The Labute approximate surface area is 151 Å². The van der Waals surface area contributed by atoms with Crippen molar-refractivity contribution in [1.29, 1.82) is 0 Å². The molecule has 5 heteroatoms. The van der Waals surface area contributed by atoms with Crippen LogP contribution in [0, 0.1) is 5.82 Å². The second-order valence-corrected chi connectivity index (χ2v) is 5.81. The number of carbonyl (C=O) groups excluding carboxylic acids is 1. The van der Waals surface area contributed by atoms with Crippen LogP contribution < -0.4 is 9.64 Å². The monoisotopic (exact) mass is 350 g/mol. The van der Waals surface area contributed by atoms with E-state index >= 15 is 0 Å². The molecule has 0 bridgehead atoms. The Morgan fingerprint density at radius 3 is 2.38 bits per heavy atom. The first-order chi connectivity index (χ1) is 12.6. The zero-order valence-corrected chi connectivity index (χ0v) is 14.4. The van der Waals surface area contributed by atoms with Crippen LogP contribution in [-0.2, 0) is 11.3 Å². The number of pyridine rings is 1. The number of hydrogen-bond acceptors (Lipinski definition) is 3. The molecule has 1 heterocycles. The molecule has 1 atom stereocenters. The lowest BCUT2D eigenvalue weighted by Crippen LogP contribution is -2.40. The van der Waals surface area contributed by atoms with Crippen LogP contribution in [0.1, 0.15) is 12.5 Å². The minimum atomic E-state index is -0.744. The van der Waals surface area contributed by atoms with Gasteiger partial charge in [-0.05, 0) is 48.9 Å². The summed E-state index contributed by atoms with van der Waals surface area (Å²) in [5.74, 6) is 0.413. The van der Waals surface area contributed by atoms with Crippen molar-refractivity contribution in [3.05, 3.63) is 90.4 Å². The molecule has 26 heavy (non-hydrogen) atoms. The van der Waals surface area contributed by atoms with E-state index < -0.39 is 6.10 Å². The fourth-order valence-corrected chi connectivity index (χ4v) is 2.54. The van der Waals surface area contributed by atoms with E-state index in [1.807, 2.05) is 36.4 Å². The number of nitrogens with zero attached hydrogens (tertiary/aromatic N) is 2. The number of carbonyl (C=O) groups is 1. The van der Waals surface area contributed by atoms with Crippen LogP contribution in [0.15, 0.2) is 79.0 Å². The lowest BCUT2D eigenvalue weighted by molar-refractivity contribution is -0.124. The minimum Gasteiger partial charge on any atom is -0.481 e. The Morgan fingerprint density at radius 1 is 1.04 bits per heavy atom. The first-order valence-corrected chi connectivity index (χ1v) is 8.32. The quantitative estimate of drug-likeness (QED) is 0.668. The van der Waals surface area contributed by atoms with Gasteiger partial charge in [0.25, 0.3) is 5.91 Å². The second-order valence-electron chi connectivity index (χ2n) is 5.81. The standard InChI is InChI=1S/C21H19FN2O2/c1-16(26-19-12-10-18(22)11-13-19)21(25)24(20-9-5-6-14-23-20)15-17-7-3-2-4-8-17/h2-14,16H,15H2,1H3/t16-/m0/s1. The molecule has 132 valence electrons. The molecule has 0 saturated heterocycles. The molecular formula is C21H19FN2O2. The maximum Gasteiger partial charge on any atom is 0.269 e. The Bertz CT molecular complexity index is 839. The van der Waals surface area contributed by atoms with Gasteiger partial charge < -0.3 is 4.74 Å². The number of anilines is 1. The van der Waals surface area contributed by atoms with Gasteiger partial charge in [0, 0.05) is 6.20 Å². The van der Waals surface area contributed by atoms with Crippen LogP contribution >= 0.6 is 0 Å². The molecule has 0 radical (unpaired) electrons. The van der Waals surface area contributed by atoms with Crippen molar-refractivity contribution in [2.45, 2.75) is 19.6 Å². The van der Waals surface area contributed by atoms with E-state index in [1.165, 1.54) is 24.3 Å². The number of halogens is 1. The number of ether oxygens (including phenoxy) is 1. The van der Waals surface area contributed by atoms with Crippen LogP contribution in [0.3, 0.4) is 0 Å². The molecule has 1 amide bonds. The van der Waals surface area contributed by atoms with E-state index in [0.29, 0.717) is 18.1 Å². The van der Waals surface area contributed by atoms with Crippen molar-refractivity contribution >= 4 is 11.7 Å². The summed E-state index contributed by atoms with van der Waals surface area (Å²) in [5, 5.41) is 0. The molecule has 0 aliphatic rings. The first-order valence-electron chi connectivity index (χ1n) is 8.32. The van der Waals surface area contributed by atoms with E-state index in [0.717, 1.165) is 5.56 Å². The summed E-state index contributed by atoms with van der Waals surface area (Å²) in [6.07, 6.45) is 0.901. The third kappa shape index (κ3) is 4.45. The van der Waals surface area contributed by atoms with E-state index in [9.17, 15) is 9.18 Å². The molecule has 0 fully saturated rings. The van der Waals surface area contributed by atoms with Crippen LogP contribution in [-0.4, -0.2) is 17.0 Å². The minimum absolute atomic E-state index is 0.225.